The molecule has 0 fully saturated rings. The van der Waals surface area contributed by atoms with Gasteiger partial charge in [0.05, 0.1) is 25.2 Å². The number of esters is 1. The van der Waals surface area contributed by atoms with Gasteiger partial charge in [-0.05, 0) is 51.4 Å². The SMILES string of the molecule is CCCCCC/C=C\CCCCCCCC(CC(=O)NC(CO)C(O)CCCCCCCCCCCCCCCC)OC(=O)CCCCCCCCCCCCCC. The summed E-state index contributed by atoms with van der Waals surface area (Å²) in [6.07, 6.45) is 51.2. The second kappa shape index (κ2) is 46.7. The van der Waals surface area contributed by atoms with E-state index in [2.05, 4.69) is 38.2 Å². The predicted molar refractivity (Wildman–Crippen MR) is 250 cm³/mol. The summed E-state index contributed by atoms with van der Waals surface area (Å²) in [4.78, 5) is 26.1. The summed E-state index contributed by atoms with van der Waals surface area (Å²) in [7, 11) is 0. The number of hydrogen-bond donors (Lipinski definition) is 3. The van der Waals surface area contributed by atoms with Crippen LogP contribution in [0.25, 0.3) is 0 Å². The number of amides is 1. The van der Waals surface area contributed by atoms with Crippen molar-refractivity contribution in [1.82, 2.24) is 5.32 Å². The molecule has 0 heterocycles. The van der Waals surface area contributed by atoms with E-state index in [0.717, 1.165) is 57.8 Å². The van der Waals surface area contributed by atoms with Crippen LogP contribution in [0.5, 0.6) is 0 Å². The quantitative estimate of drug-likeness (QED) is 0.0323. The molecule has 0 saturated carbocycles. The van der Waals surface area contributed by atoms with Crippen LogP contribution in [0.2, 0.25) is 0 Å². The van der Waals surface area contributed by atoms with Crippen LogP contribution in [0.1, 0.15) is 284 Å². The van der Waals surface area contributed by atoms with Gasteiger partial charge >= 0.3 is 5.97 Å². The lowest BCUT2D eigenvalue weighted by Gasteiger charge is -2.24. The highest BCUT2D eigenvalue weighted by molar-refractivity contribution is 5.77. The fourth-order valence-electron chi connectivity index (χ4n) is 8.13. The fourth-order valence-corrected chi connectivity index (χ4v) is 8.13. The van der Waals surface area contributed by atoms with Crippen LogP contribution in [-0.2, 0) is 14.3 Å². The van der Waals surface area contributed by atoms with Gasteiger partial charge in [0.1, 0.15) is 6.10 Å². The van der Waals surface area contributed by atoms with Gasteiger partial charge < -0.3 is 20.3 Å². The van der Waals surface area contributed by atoms with Gasteiger partial charge in [-0.15, -0.1) is 0 Å². The topological polar surface area (TPSA) is 95.9 Å². The van der Waals surface area contributed by atoms with Gasteiger partial charge in [-0.3, -0.25) is 9.59 Å². The molecule has 0 bridgehead atoms. The van der Waals surface area contributed by atoms with E-state index in [1.54, 1.807) is 0 Å². The lowest BCUT2D eigenvalue weighted by Crippen LogP contribution is -2.46. The molecule has 0 aromatic carbocycles. The van der Waals surface area contributed by atoms with E-state index >= 15 is 0 Å². The van der Waals surface area contributed by atoms with Crippen molar-refractivity contribution in [3.05, 3.63) is 12.2 Å². The molecule has 0 aromatic heterocycles. The number of nitrogens with one attached hydrogen (secondary N) is 1. The maximum absolute atomic E-state index is 13.2. The average molecular weight is 820 g/mol. The maximum Gasteiger partial charge on any atom is 0.306 e. The first-order valence-corrected chi connectivity index (χ1v) is 25.9. The molecule has 0 spiro atoms. The Bertz CT molecular complexity index is 878. The lowest BCUT2D eigenvalue weighted by atomic mass is 10.0. The van der Waals surface area contributed by atoms with E-state index in [9.17, 15) is 19.8 Å². The van der Waals surface area contributed by atoms with Crippen molar-refractivity contribution in [1.29, 1.82) is 0 Å². The second-order valence-corrected chi connectivity index (χ2v) is 17.9. The smallest absolute Gasteiger partial charge is 0.306 e. The highest BCUT2D eigenvalue weighted by Gasteiger charge is 2.24. The van der Waals surface area contributed by atoms with Crippen LogP contribution in [0.15, 0.2) is 12.2 Å². The summed E-state index contributed by atoms with van der Waals surface area (Å²) in [5.74, 6) is -0.466. The molecule has 6 heteroatoms. The number of aliphatic hydroxyl groups excluding tert-OH is 2. The minimum atomic E-state index is -0.783. The summed E-state index contributed by atoms with van der Waals surface area (Å²) in [5.41, 5.74) is 0. The van der Waals surface area contributed by atoms with Crippen molar-refractivity contribution >= 4 is 11.9 Å². The van der Waals surface area contributed by atoms with Crippen LogP contribution in [-0.4, -0.2) is 46.9 Å². The van der Waals surface area contributed by atoms with Crippen molar-refractivity contribution in [2.24, 2.45) is 0 Å². The first-order chi connectivity index (χ1) is 28.5. The molecule has 0 saturated heterocycles. The number of allylic oxidation sites excluding steroid dienone is 2. The normalized spacial score (nSPS) is 13.3. The molecule has 6 nitrogen and oxygen atoms in total. The zero-order valence-electron chi connectivity index (χ0n) is 39.2. The molecule has 58 heavy (non-hydrogen) atoms. The molecular weight excluding hydrogens is 719 g/mol. The number of unbranched alkanes of at least 4 members (excludes halogenated alkanes) is 33. The number of hydrogen-bond acceptors (Lipinski definition) is 5. The molecule has 0 rings (SSSR count). The van der Waals surface area contributed by atoms with Gasteiger partial charge in [-0.2, -0.15) is 0 Å². The zero-order chi connectivity index (χ0) is 42.4. The van der Waals surface area contributed by atoms with Gasteiger partial charge in [-0.25, -0.2) is 0 Å². The Labute approximate surface area is 361 Å². The second-order valence-electron chi connectivity index (χ2n) is 17.9. The number of rotatable bonds is 47. The summed E-state index contributed by atoms with van der Waals surface area (Å²) < 4.78 is 5.93. The molecule has 0 aromatic rings. The third-order valence-corrected chi connectivity index (χ3v) is 12.1. The molecule has 0 radical (unpaired) electrons. The number of aliphatic hydroxyl groups is 2. The van der Waals surface area contributed by atoms with Crippen molar-refractivity contribution < 1.29 is 24.5 Å². The van der Waals surface area contributed by atoms with Crippen LogP contribution in [0.4, 0.5) is 0 Å². The van der Waals surface area contributed by atoms with Gasteiger partial charge in [0.2, 0.25) is 5.91 Å². The van der Waals surface area contributed by atoms with E-state index in [1.165, 1.54) is 180 Å². The first-order valence-electron chi connectivity index (χ1n) is 25.9. The Morgan fingerprint density at radius 1 is 0.483 bits per heavy atom. The van der Waals surface area contributed by atoms with E-state index in [-0.39, 0.29) is 24.9 Å². The summed E-state index contributed by atoms with van der Waals surface area (Å²) in [6.45, 7) is 6.48. The highest BCUT2D eigenvalue weighted by atomic mass is 16.5. The third kappa shape index (κ3) is 41.3. The number of carbonyl (C=O) groups excluding carboxylic acids is 2. The van der Waals surface area contributed by atoms with Crippen molar-refractivity contribution in [3.63, 3.8) is 0 Å². The Balaban J connectivity index is 4.53. The van der Waals surface area contributed by atoms with E-state index in [4.69, 9.17) is 4.74 Å². The largest absolute Gasteiger partial charge is 0.462 e. The first kappa shape index (κ1) is 56.6. The van der Waals surface area contributed by atoms with Crippen LogP contribution < -0.4 is 5.32 Å². The van der Waals surface area contributed by atoms with E-state index in [1.807, 2.05) is 0 Å². The Kier molecular flexibility index (Phi) is 45.5. The Hall–Kier alpha value is -1.40. The molecule has 3 unspecified atom stereocenters. The molecule has 0 aliphatic rings. The number of ether oxygens (including phenoxy) is 1. The third-order valence-electron chi connectivity index (χ3n) is 12.1. The Morgan fingerprint density at radius 3 is 1.24 bits per heavy atom. The summed E-state index contributed by atoms with van der Waals surface area (Å²) >= 11 is 0. The van der Waals surface area contributed by atoms with E-state index in [0.29, 0.717) is 19.3 Å². The molecule has 3 atom stereocenters. The van der Waals surface area contributed by atoms with E-state index < -0.39 is 18.2 Å². The van der Waals surface area contributed by atoms with Gasteiger partial charge in [0, 0.05) is 6.42 Å². The van der Waals surface area contributed by atoms with Crippen molar-refractivity contribution in [2.45, 2.75) is 302 Å². The Morgan fingerprint density at radius 2 is 0.828 bits per heavy atom. The van der Waals surface area contributed by atoms with Crippen molar-refractivity contribution in [3.8, 4) is 0 Å². The monoisotopic (exact) mass is 820 g/mol. The maximum atomic E-state index is 13.2. The lowest BCUT2D eigenvalue weighted by molar-refractivity contribution is -0.151. The highest BCUT2D eigenvalue weighted by Crippen LogP contribution is 2.18. The van der Waals surface area contributed by atoms with Gasteiger partial charge in [0.25, 0.3) is 0 Å². The fraction of sp³-hybridized carbons (Fsp3) is 0.923. The minimum Gasteiger partial charge on any atom is -0.462 e. The average Bonchev–Trinajstić information content (AvgIpc) is 3.22. The van der Waals surface area contributed by atoms with Crippen LogP contribution >= 0.6 is 0 Å². The minimum absolute atomic E-state index is 0.0787. The molecular formula is C52H101NO5. The van der Waals surface area contributed by atoms with Gasteiger partial charge in [0.15, 0.2) is 0 Å². The van der Waals surface area contributed by atoms with Crippen molar-refractivity contribution in [2.75, 3.05) is 6.61 Å². The predicted octanol–water partition coefficient (Wildman–Crippen LogP) is 15.3. The summed E-state index contributed by atoms with van der Waals surface area (Å²) in [6, 6.07) is -0.697. The number of carbonyl (C=O) groups is 2. The van der Waals surface area contributed by atoms with Gasteiger partial charge in [-0.1, -0.05) is 232 Å². The van der Waals surface area contributed by atoms with Crippen LogP contribution in [0.3, 0.4) is 0 Å². The molecule has 0 aliphatic carbocycles. The molecule has 344 valence electrons. The van der Waals surface area contributed by atoms with Crippen LogP contribution in [0, 0.1) is 0 Å². The molecule has 1 amide bonds. The standard InChI is InChI=1S/C52H101NO5/c1-4-7-10-13-16-19-22-25-27-29-32-35-38-41-44-50(55)49(47-54)53-51(56)46-48(43-40-37-34-31-28-26-23-20-17-14-11-8-5-2)58-52(57)45-42-39-36-33-30-24-21-18-15-12-9-6-3/h20,23,48-50,54-55H,4-19,21-22,24-47H2,1-3H3,(H,53,56)/b23-20-. The molecule has 0 aliphatic heterocycles. The molecule has 3 N–H and O–H groups in total. The summed E-state index contributed by atoms with van der Waals surface area (Å²) in [5, 5.41) is 23.8. The zero-order valence-corrected chi connectivity index (χ0v) is 39.2.